The first kappa shape index (κ1) is 31.8. The van der Waals surface area contributed by atoms with E-state index in [4.69, 9.17) is 28.8 Å². The minimum Gasteiger partial charge on any atom is -0.456 e. The third-order valence-corrected chi connectivity index (χ3v) is 10.3. The summed E-state index contributed by atoms with van der Waals surface area (Å²) in [7, 11) is 0. The van der Waals surface area contributed by atoms with Crippen LogP contribution in [-0.2, 0) is 0 Å². The number of fused-ring (bicyclic) bond motifs is 5. The molecule has 0 aliphatic carbocycles. The first-order valence-corrected chi connectivity index (χ1v) is 18.5. The van der Waals surface area contributed by atoms with E-state index in [1.54, 1.807) is 0 Å². The highest BCUT2D eigenvalue weighted by molar-refractivity contribution is 6.07. The molecule has 0 unspecified atom stereocenters. The van der Waals surface area contributed by atoms with Gasteiger partial charge < -0.3 is 8.83 Å². The van der Waals surface area contributed by atoms with Crippen LogP contribution >= 0.6 is 0 Å². The van der Waals surface area contributed by atoms with Crippen molar-refractivity contribution in [3.05, 3.63) is 182 Å². The highest BCUT2D eigenvalue weighted by Crippen LogP contribution is 2.39. The van der Waals surface area contributed by atoms with Crippen molar-refractivity contribution >= 4 is 43.8 Å². The Balaban J connectivity index is 1.10. The summed E-state index contributed by atoms with van der Waals surface area (Å²) in [5.74, 6) is 2.24. The second-order valence-corrected chi connectivity index (χ2v) is 13.9. The summed E-state index contributed by atoms with van der Waals surface area (Å²) in [5, 5.41) is 4.38. The zero-order valence-corrected chi connectivity index (χ0v) is 29.9. The van der Waals surface area contributed by atoms with Gasteiger partial charge in [0.1, 0.15) is 16.7 Å². The average Bonchev–Trinajstić information content (AvgIpc) is 3.88. The minimum absolute atomic E-state index is 0.533. The lowest BCUT2D eigenvalue weighted by atomic mass is 9.99. The van der Waals surface area contributed by atoms with Crippen LogP contribution in [0.1, 0.15) is 0 Å². The minimum atomic E-state index is 0.533. The van der Waals surface area contributed by atoms with E-state index in [9.17, 15) is 0 Å². The first-order valence-electron chi connectivity index (χ1n) is 18.5. The molecule has 0 radical (unpaired) electrons. The smallest absolute Gasteiger partial charge is 0.227 e. The molecule has 8 aromatic carbocycles. The molecule has 0 fully saturated rings. The maximum Gasteiger partial charge on any atom is 0.227 e. The van der Waals surface area contributed by atoms with E-state index in [1.807, 2.05) is 91.0 Å². The zero-order valence-electron chi connectivity index (χ0n) is 29.9. The molecule has 11 rings (SSSR count). The standard InChI is InChI=1S/C50H30N4O2/c1-4-12-31(13-5-1)34-20-21-36-27-38(23-22-35(36)26-34)48-52-47(32-14-6-2-7-15-32)53-49(54-48)39-28-42(46-43(29-39)51-50(56-46)33-16-8-3-9-17-33)37-24-25-41-40-18-10-11-19-44(40)55-45(41)30-37/h1-30H. The van der Waals surface area contributed by atoms with Crippen molar-refractivity contribution in [2.75, 3.05) is 0 Å². The van der Waals surface area contributed by atoms with Gasteiger partial charge in [-0.3, -0.25) is 0 Å². The van der Waals surface area contributed by atoms with Crippen molar-refractivity contribution in [1.82, 2.24) is 19.9 Å². The monoisotopic (exact) mass is 718 g/mol. The Kier molecular flexibility index (Phi) is 7.38. The van der Waals surface area contributed by atoms with Crippen LogP contribution < -0.4 is 0 Å². The molecule has 262 valence electrons. The lowest BCUT2D eigenvalue weighted by Crippen LogP contribution is -2.00. The Morgan fingerprint density at radius 2 is 0.893 bits per heavy atom. The molecule has 0 spiro atoms. The molecule has 6 heteroatoms. The van der Waals surface area contributed by atoms with Gasteiger partial charge in [0.05, 0.1) is 0 Å². The van der Waals surface area contributed by atoms with Gasteiger partial charge in [0, 0.05) is 38.6 Å². The van der Waals surface area contributed by atoms with Crippen molar-refractivity contribution < 1.29 is 8.83 Å². The Labute approximate surface area is 321 Å². The molecule has 6 nitrogen and oxygen atoms in total. The van der Waals surface area contributed by atoms with E-state index in [-0.39, 0.29) is 0 Å². The van der Waals surface area contributed by atoms with Gasteiger partial charge in [-0.05, 0) is 82.1 Å². The molecule has 11 aromatic rings. The largest absolute Gasteiger partial charge is 0.456 e. The molecule has 0 aliphatic heterocycles. The molecule has 0 bridgehead atoms. The highest BCUT2D eigenvalue weighted by Gasteiger charge is 2.20. The number of benzene rings is 8. The lowest BCUT2D eigenvalue weighted by molar-refractivity contribution is 0.621. The maximum atomic E-state index is 6.57. The summed E-state index contributed by atoms with van der Waals surface area (Å²) in [6.07, 6.45) is 0. The maximum absolute atomic E-state index is 6.57. The van der Waals surface area contributed by atoms with Crippen LogP contribution in [-0.4, -0.2) is 19.9 Å². The summed E-state index contributed by atoms with van der Waals surface area (Å²) in [5.41, 5.74) is 10.6. The van der Waals surface area contributed by atoms with Crippen molar-refractivity contribution in [3.63, 3.8) is 0 Å². The molecule has 56 heavy (non-hydrogen) atoms. The van der Waals surface area contributed by atoms with E-state index in [2.05, 4.69) is 91.0 Å². The summed E-state index contributed by atoms with van der Waals surface area (Å²) in [4.78, 5) is 20.3. The van der Waals surface area contributed by atoms with Crippen LogP contribution in [0.15, 0.2) is 191 Å². The van der Waals surface area contributed by atoms with E-state index in [1.165, 1.54) is 11.1 Å². The van der Waals surface area contributed by atoms with Crippen molar-refractivity contribution in [1.29, 1.82) is 0 Å². The summed E-state index contributed by atoms with van der Waals surface area (Å²) in [6.45, 7) is 0. The molecular formula is C50H30N4O2. The topological polar surface area (TPSA) is 77.8 Å². The van der Waals surface area contributed by atoms with E-state index in [0.717, 1.165) is 66.1 Å². The van der Waals surface area contributed by atoms with Crippen molar-refractivity contribution in [2.45, 2.75) is 0 Å². The third kappa shape index (κ3) is 5.60. The van der Waals surface area contributed by atoms with Gasteiger partial charge in [-0.25, -0.2) is 19.9 Å². The van der Waals surface area contributed by atoms with Crippen LogP contribution in [0.25, 0.3) is 112 Å². The van der Waals surface area contributed by atoms with Gasteiger partial charge in [-0.1, -0.05) is 127 Å². The quantitative estimate of drug-likeness (QED) is 0.170. The predicted molar refractivity (Wildman–Crippen MR) is 225 cm³/mol. The van der Waals surface area contributed by atoms with Gasteiger partial charge in [0.2, 0.25) is 5.89 Å². The Morgan fingerprint density at radius 1 is 0.321 bits per heavy atom. The molecule has 0 saturated carbocycles. The van der Waals surface area contributed by atoms with E-state index >= 15 is 0 Å². The Hall–Kier alpha value is -7.70. The molecule has 0 aliphatic rings. The predicted octanol–water partition coefficient (Wildman–Crippen LogP) is 13.1. The van der Waals surface area contributed by atoms with Crippen LogP contribution in [0.4, 0.5) is 0 Å². The fraction of sp³-hybridized carbons (Fsp3) is 0. The highest BCUT2D eigenvalue weighted by atomic mass is 16.3. The summed E-state index contributed by atoms with van der Waals surface area (Å²) >= 11 is 0. The summed E-state index contributed by atoms with van der Waals surface area (Å²) < 4.78 is 12.9. The number of furan rings is 1. The van der Waals surface area contributed by atoms with Gasteiger partial charge in [0.25, 0.3) is 0 Å². The molecule has 3 aromatic heterocycles. The van der Waals surface area contributed by atoms with Gasteiger partial charge in [-0.2, -0.15) is 0 Å². The second kappa shape index (κ2) is 13.0. The van der Waals surface area contributed by atoms with Gasteiger partial charge >= 0.3 is 0 Å². The number of para-hydroxylation sites is 1. The van der Waals surface area contributed by atoms with Crippen LogP contribution in [0, 0.1) is 0 Å². The van der Waals surface area contributed by atoms with Crippen molar-refractivity contribution in [2.24, 2.45) is 0 Å². The fourth-order valence-corrected chi connectivity index (χ4v) is 7.52. The zero-order chi connectivity index (χ0) is 37.0. The number of nitrogens with zero attached hydrogens (tertiary/aromatic N) is 4. The number of hydrogen-bond donors (Lipinski definition) is 0. The van der Waals surface area contributed by atoms with Gasteiger partial charge in [0.15, 0.2) is 23.1 Å². The number of oxazole rings is 1. The van der Waals surface area contributed by atoms with Gasteiger partial charge in [-0.15, -0.1) is 0 Å². The summed E-state index contributed by atoms with van der Waals surface area (Å²) in [6, 6.07) is 61.9. The normalized spacial score (nSPS) is 11.6. The van der Waals surface area contributed by atoms with Crippen molar-refractivity contribution in [3.8, 4) is 67.9 Å². The first-order chi connectivity index (χ1) is 27.7. The van der Waals surface area contributed by atoms with E-state index < -0.39 is 0 Å². The lowest BCUT2D eigenvalue weighted by Gasteiger charge is -2.11. The second-order valence-electron chi connectivity index (χ2n) is 13.9. The molecular weight excluding hydrogens is 689 g/mol. The van der Waals surface area contributed by atoms with Crippen LogP contribution in [0.3, 0.4) is 0 Å². The molecule has 0 saturated heterocycles. The molecule has 0 N–H and O–H groups in total. The Morgan fingerprint density at radius 3 is 1.64 bits per heavy atom. The molecule has 3 heterocycles. The number of aromatic nitrogens is 4. The fourth-order valence-electron chi connectivity index (χ4n) is 7.52. The Bertz CT molecular complexity index is 3240. The average molecular weight is 719 g/mol. The number of hydrogen-bond acceptors (Lipinski definition) is 6. The van der Waals surface area contributed by atoms with E-state index in [0.29, 0.717) is 34.5 Å². The number of rotatable bonds is 6. The SMILES string of the molecule is c1ccc(-c2ccc3cc(-c4nc(-c5ccccc5)nc(-c5cc(-c6ccc7c(c6)oc6ccccc67)c6oc(-c7ccccc7)nc6c5)n4)ccc3c2)cc1. The molecule has 0 atom stereocenters. The van der Waals surface area contributed by atoms with Crippen LogP contribution in [0.2, 0.25) is 0 Å². The van der Waals surface area contributed by atoms with Crippen LogP contribution in [0.5, 0.6) is 0 Å². The third-order valence-electron chi connectivity index (χ3n) is 10.3. The molecule has 0 amide bonds.